The van der Waals surface area contributed by atoms with E-state index < -0.39 is 98.1 Å². The molecule has 18 heteroatoms. The maximum atomic E-state index is 12.5. The van der Waals surface area contributed by atoms with Gasteiger partial charge in [0, 0.05) is 38.2 Å². The fraction of sp³-hybridized carbons (Fsp3) is 0.529. The van der Waals surface area contributed by atoms with E-state index >= 15 is 0 Å². The van der Waals surface area contributed by atoms with Gasteiger partial charge in [-0.2, -0.15) is 0 Å². The van der Waals surface area contributed by atoms with E-state index in [0.717, 1.165) is 27.7 Å². The Kier molecular flexibility index (Phi) is 12.9. The monoisotopic (exact) mass is 729 g/mol. The third-order valence-electron chi connectivity index (χ3n) is 8.12. The summed E-state index contributed by atoms with van der Waals surface area (Å²) in [5, 5.41) is 3.99. The number of hydrogen-bond acceptors (Lipinski definition) is 16. The Morgan fingerprint density at radius 1 is 0.769 bits per heavy atom. The van der Waals surface area contributed by atoms with Gasteiger partial charge in [0.15, 0.2) is 30.9 Å². The fourth-order valence-electron chi connectivity index (χ4n) is 6.02. The molecule has 0 bridgehead atoms. The van der Waals surface area contributed by atoms with Crippen LogP contribution in [-0.4, -0.2) is 106 Å². The van der Waals surface area contributed by atoms with Crippen molar-refractivity contribution < 1.29 is 71.3 Å². The van der Waals surface area contributed by atoms with Gasteiger partial charge in [-0.15, -0.1) is 0 Å². The van der Waals surface area contributed by atoms with Gasteiger partial charge in [-0.25, -0.2) is 0 Å². The zero-order valence-corrected chi connectivity index (χ0v) is 28.9. The van der Waals surface area contributed by atoms with Crippen molar-refractivity contribution in [3.8, 4) is 11.5 Å². The molecular weight excluding hydrogens is 690 g/mol. The van der Waals surface area contributed by atoms with Crippen LogP contribution in [0.2, 0.25) is 0 Å². The Morgan fingerprint density at radius 2 is 1.40 bits per heavy atom. The van der Waals surface area contributed by atoms with Gasteiger partial charge in [0.25, 0.3) is 0 Å². The molecule has 3 fully saturated rings. The summed E-state index contributed by atoms with van der Waals surface area (Å²) in [6.07, 6.45) is -12.8. The highest BCUT2D eigenvalue weighted by atomic mass is 16.8. The molecule has 3 heterocycles. The molecular formula is C34H39N3O15. The van der Waals surface area contributed by atoms with Gasteiger partial charge in [0.2, 0.25) is 6.29 Å². The lowest BCUT2D eigenvalue weighted by molar-refractivity contribution is -0.370. The Bertz CT molecular complexity index is 1600. The Morgan fingerprint density at radius 3 is 2.02 bits per heavy atom. The number of carbonyl (C=O) groups excluding carboxylic acids is 4. The van der Waals surface area contributed by atoms with Crippen LogP contribution in [0.15, 0.2) is 59.7 Å². The fourth-order valence-corrected chi connectivity index (χ4v) is 6.02. The average molecular weight is 730 g/mol. The van der Waals surface area contributed by atoms with Gasteiger partial charge < -0.3 is 52.1 Å². The second-order valence-corrected chi connectivity index (χ2v) is 11.9. The Labute approximate surface area is 298 Å². The van der Waals surface area contributed by atoms with Crippen LogP contribution in [0.4, 0.5) is 0 Å². The molecule has 2 aromatic carbocycles. The normalized spacial score (nSPS) is 31.1. The van der Waals surface area contributed by atoms with E-state index in [1.807, 2.05) is 6.07 Å². The molecule has 52 heavy (non-hydrogen) atoms. The van der Waals surface area contributed by atoms with Crippen LogP contribution in [0.25, 0.3) is 10.4 Å². The van der Waals surface area contributed by atoms with Crippen molar-refractivity contribution in [1.82, 2.24) is 0 Å². The minimum Gasteiger partial charge on any atom is -0.497 e. The molecule has 2 aromatic rings. The number of methoxy groups -OCH3 is 1. The van der Waals surface area contributed by atoms with Crippen molar-refractivity contribution in [1.29, 1.82) is 0 Å². The molecule has 1 unspecified atom stereocenters. The number of benzene rings is 2. The van der Waals surface area contributed by atoms with E-state index in [1.165, 1.54) is 7.11 Å². The van der Waals surface area contributed by atoms with Crippen molar-refractivity contribution >= 4 is 23.9 Å². The molecule has 11 atom stereocenters. The van der Waals surface area contributed by atoms with Crippen LogP contribution in [0.3, 0.4) is 0 Å². The van der Waals surface area contributed by atoms with Crippen LogP contribution < -0.4 is 9.47 Å². The number of nitrogens with zero attached hydrogens (tertiary/aromatic N) is 3. The number of esters is 4. The van der Waals surface area contributed by atoms with Crippen LogP contribution >= 0.6 is 0 Å². The predicted molar refractivity (Wildman–Crippen MR) is 172 cm³/mol. The number of hydrogen-bond donors (Lipinski definition) is 0. The predicted octanol–water partition coefficient (Wildman–Crippen LogP) is 3.06. The number of carbonyl (C=O) groups is 4. The first kappa shape index (κ1) is 38.3. The zero-order chi connectivity index (χ0) is 37.4. The second kappa shape index (κ2) is 17.5. The SMILES string of the molecule is COc1ccc(O[C@@H]2O[C@@H]3COC(c4ccccc4)O[C@@H]3[C@H](O[C@@H]3O[C@H](COC(C)=O)[C@H](OC(C)=O)[C@H](OC(C)=O)[C@H]3OC(C)=O)[C@H]2N=[N+]=[N-])cc1. The smallest absolute Gasteiger partial charge is 0.303 e. The summed E-state index contributed by atoms with van der Waals surface area (Å²) in [4.78, 5) is 52.0. The molecule has 280 valence electrons. The summed E-state index contributed by atoms with van der Waals surface area (Å²) in [6, 6.07) is 14.3. The molecule has 18 nitrogen and oxygen atoms in total. The van der Waals surface area contributed by atoms with Crippen molar-refractivity contribution in [2.24, 2.45) is 5.11 Å². The van der Waals surface area contributed by atoms with E-state index in [4.69, 9.17) is 52.1 Å². The van der Waals surface area contributed by atoms with E-state index in [2.05, 4.69) is 10.0 Å². The lowest BCUT2D eigenvalue weighted by atomic mass is 9.94. The topological polar surface area (TPSA) is 219 Å². The average Bonchev–Trinajstić information content (AvgIpc) is 3.11. The first-order valence-electron chi connectivity index (χ1n) is 16.3. The summed E-state index contributed by atoms with van der Waals surface area (Å²) in [5.74, 6) is -2.25. The summed E-state index contributed by atoms with van der Waals surface area (Å²) < 4.78 is 64.7. The highest BCUT2D eigenvalue weighted by Gasteiger charge is 2.57. The molecule has 3 aliphatic heterocycles. The van der Waals surface area contributed by atoms with Gasteiger partial charge >= 0.3 is 23.9 Å². The maximum Gasteiger partial charge on any atom is 0.303 e. The summed E-state index contributed by atoms with van der Waals surface area (Å²) in [6.45, 7) is 3.97. The molecule has 3 aliphatic rings. The van der Waals surface area contributed by atoms with Crippen molar-refractivity contribution in [3.05, 3.63) is 70.6 Å². The molecule has 0 radical (unpaired) electrons. The molecule has 3 saturated heterocycles. The summed E-state index contributed by atoms with van der Waals surface area (Å²) in [5.41, 5.74) is 10.4. The Balaban J connectivity index is 1.56. The highest BCUT2D eigenvalue weighted by molar-refractivity contribution is 5.68. The number of ether oxygens (including phenoxy) is 11. The molecule has 0 saturated carbocycles. The van der Waals surface area contributed by atoms with E-state index in [9.17, 15) is 24.7 Å². The third-order valence-corrected chi connectivity index (χ3v) is 8.12. The minimum absolute atomic E-state index is 0.0197. The first-order valence-corrected chi connectivity index (χ1v) is 16.3. The van der Waals surface area contributed by atoms with Gasteiger partial charge in [-0.3, -0.25) is 19.2 Å². The molecule has 0 N–H and O–H groups in total. The first-order chi connectivity index (χ1) is 25.0. The van der Waals surface area contributed by atoms with E-state index in [0.29, 0.717) is 17.1 Å². The molecule has 0 aliphatic carbocycles. The van der Waals surface area contributed by atoms with Crippen molar-refractivity contribution in [2.45, 2.75) is 95.3 Å². The highest BCUT2D eigenvalue weighted by Crippen LogP contribution is 2.40. The van der Waals surface area contributed by atoms with Gasteiger partial charge in [-0.05, 0) is 29.8 Å². The van der Waals surface area contributed by atoms with E-state index in [1.54, 1.807) is 48.5 Å². The quantitative estimate of drug-likeness (QED) is 0.101. The zero-order valence-electron chi connectivity index (χ0n) is 28.9. The van der Waals surface area contributed by atoms with Crippen molar-refractivity contribution in [2.75, 3.05) is 20.3 Å². The molecule has 5 rings (SSSR count). The molecule has 0 amide bonds. The van der Waals surface area contributed by atoms with Crippen LogP contribution in [0, 0.1) is 0 Å². The van der Waals surface area contributed by atoms with Crippen LogP contribution in [0.1, 0.15) is 39.5 Å². The van der Waals surface area contributed by atoms with E-state index in [-0.39, 0.29) is 6.61 Å². The number of azide groups is 1. The summed E-state index contributed by atoms with van der Waals surface area (Å²) >= 11 is 0. The standard InChI is InChI=1S/C34H39N3O15/c1-17(38)43-15-24-28(45-18(2)39)30(46-19(3)40)31(47-20(4)41)34(50-24)52-29-26(36-37-35)33(48-23-13-11-22(42-5)12-14-23)49-25-16-44-32(51-27(25)29)21-9-7-6-8-10-21/h6-14,24-34H,15-16H2,1-5H3/t24-,25-,26-,27+,28+,29-,30+,31-,32?,33-,34+/m1/s1. The Hall–Kier alpha value is -4.97. The second-order valence-electron chi connectivity index (χ2n) is 11.9. The number of rotatable bonds is 12. The maximum absolute atomic E-state index is 12.5. The van der Waals surface area contributed by atoms with Crippen molar-refractivity contribution in [3.63, 3.8) is 0 Å². The third kappa shape index (κ3) is 9.47. The minimum atomic E-state index is -1.64. The largest absolute Gasteiger partial charge is 0.497 e. The van der Waals surface area contributed by atoms with Gasteiger partial charge in [0.05, 0.1) is 13.7 Å². The summed E-state index contributed by atoms with van der Waals surface area (Å²) in [7, 11) is 1.51. The van der Waals surface area contributed by atoms with Crippen LogP contribution in [0.5, 0.6) is 11.5 Å². The lowest BCUT2D eigenvalue weighted by Crippen LogP contribution is -2.67. The van der Waals surface area contributed by atoms with Gasteiger partial charge in [-0.1, -0.05) is 35.4 Å². The van der Waals surface area contributed by atoms with Gasteiger partial charge in [0.1, 0.15) is 48.6 Å². The lowest BCUT2D eigenvalue weighted by Gasteiger charge is -2.50. The molecule has 0 spiro atoms. The molecule has 0 aromatic heterocycles. The number of fused-ring (bicyclic) bond motifs is 1. The van der Waals surface area contributed by atoms with Crippen LogP contribution in [-0.2, 0) is 61.8 Å².